The molecule has 3 saturated heterocycles. The first-order chi connectivity index (χ1) is 58.5. The molecule has 122 heavy (non-hydrogen) atoms. The number of hydrogen-bond acceptors (Lipinski definition) is 27. The molecule has 4 atom stereocenters. The van der Waals surface area contributed by atoms with Crippen molar-refractivity contribution < 1.29 is 110 Å². The first-order valence-electron chi connectivity index (χ1n) is 39.9. The van der Waals surface area contributed by atoms with Crippen LogP contribution in [0.25, 0.3) is 21.8 Å². The summed E-state index contributed by atoms with van der Waals surface area (Å²) in [6, 6.07) is 12.3. The average molecular weight is 1740 g/mol. The van der Waals surface area contributed by atoms with E-state index >= 15 is 0 Å². The molecule has 6 heterocycles. The van der Waals surface area contributed by atoms with Gasteiger partial charge in [-0.2, -0.15) is 10.5 Å². The SMILES string of the molecule is N#CC1CC(F)(F)CN1C(=O)CNC(=O)c1ccnc2c(OCCCNC(=O)CCSc3nnc(SCCC(=O)NCCCOc4cccc5c(C(=O)NCC(=O)N6CC(F)(F)CC6C#N)ccnc45)c4c3CCCC(OC(=O)NCCCNC(=O)CCC(C(=O)O)N3CCN(CC(=O)O)CCN(CC(=O)O)CCN(CC(=O)O)CC3)CC4)cccc12. The lowest BCUT2D eigenvalue weighted by Crippen LogP contribution is -2.52. The number of benzene rings is 2. The number of alkyl carbamates (subject to hydrolysis) is 1. The van der Waals surface area contributed by atoms with Crippen LogP contribution >= 0.6 is 23.5 Å². The zero-order valence-electron chi connectivity index (χ0n) is 66.9. The number of hydrogen-bond donors (Lipinski definition) is 10. The number of nitrogens with zero attached hydrogens (tertiary/aromatic N) is 12. The van der Waals surface area contributed by atoms with E-state index in [2.05, 4.69) is 52.1 Å². The summed E-state index contributed by atoms with van der Waals surface area (Å²) in [6.07, 6.45) is 3.06. The lowest BCUT2D eigenvalue weighted by Gasteiger charge is -2.35. The lowest BCUT2D eigenvalue weighted by molar-refractivity contribution is -0.145. The number of rotatable bonds is 40. The summed E-state index contributed by atoms with van der Waals surface area (Å²) in [6.45, 7) is -2.53. The highest BCUT2D eigenvalue weighted by atomic mass is 32.2. The number of ether oxygens (including phenoxy) is 3. The van der Waals surface area contributed by atoms with Crippen LogP contribution in [0.2, 0.25) is 0 Å². The molecule has 4 unspecified atom stereocenters. The van der Waals surface area contributed by atoms with E-state index < -0.39 is 148 Å². The number of carbonyl (C=O) groups excluding carboxylic acids is 8. The maximum absolute atomic E-state index is 14.0. The summed E-state index contributed by atoms with van der Waals surface area (Å²) < 4.78 is 74.0. The second kappa shape index (κ2) is 46.6. The zero-order chi connectivity index (χ0) is 87.9. The number of likely N-dealkylation sites (tertiary alicyclic amines) is 2. The topological polar surface area (TPSA) is 504 Å². The minimum absolute atomic E-state index is 0.0377. The molecule has 658 valence electrons. The average Bonchev–Trinajstić information content (AvgIpc) is 1.19. The third kappa shape index (κ3) is 29.2. The number of carboxylic acids is 4. The van der Waals surface area contributed by atoms with E-state index in [1.807, 2.05) is 0 Å². The van der Waals surface area contributed by atoms with Crippen molar-refractivity contribution in [3.8, 4) is 23.6 Å². The smallest absolute Gasteiger partial charge is 0.407 e. The Balaban J connectivity index is 0.747. The number of nitriles is 2. The van der Waals surface area contributed by atoms with Gasteiger partial charge in [-0.3, -0.25) is 82.3 Å². The van der Waals surface area contributed by atoms with Crippen molar-refractivity contribution in [3.05, 3.63) is 83.2 Å². The Morgan fingerprint density at radius 1 is 0.533 bits per heavy atom. The van der Waals surface area contributed by atoms with Gasteiger partial charge in [0.05, 0.1) is 82.3 Å². The predicted octanol–water partition coefficient (Wildman–Crippen LogP) is 3.27. The molecular weight excluding hydrogens is 1650 g/mol. The van der Waals surface area contributed by atoms with E-state index in [1.165, 1.54) is 48.1 Å². The van der Waals surface area contributed by atoms with Crippen molar-refractivity contribution in [3.63, 3.8) is 0 Å². The number of para-hydroxylation sites is 2. The normalized spacial score (nSPS) is 18.0. The van der Waals surface area contributed by atoms with Gasteiger partial charge >= 0.3 is 30.0 Å². The number of pyridine rings is 2. The monoisotopic (exact) mass is 1740 g/mol. The van der Waals surface area contributed by atoms with E-state index in [4.69, 9.17) is 14.2 Å². The molecule has 0 bridgehead atoms. The fourth-order valence-corrected chi connectivity index (χ4v) is 16.3. The van der Waals surface area contributed by atoms with Crippen LogP contribution in [0.5, 0.6) is 11.5 Å². The van der Waals surface area contributed by atoms with Crippen LogP contribution in [0, 0.1) is 22.7 Å². The summed E-state index contributed by atoms with van der Waals surface area (Å²) in [5.41, 5.74) is 2.68. The molecule has 1 aliphatic carbocycles. The third-order valence-corrected chi connectivity index (χ3v) is 22.5. The molecule has 37 nitrogen and oxygen atoms in total. The van der Waals surface area contributed by atoms with E-state index in [0.717, 1.165) is 20.9 Å². The number of nitrogens with one attached hydrogen (secondary N) is 6. The Morgan fingerprint density at radius 2 is 0.959 bits per heavy atom. The second-order valence-electron chi connectivity index (χ2n) is 29.4. The highest BCUT2D eigenvalue weighted by molar-refractivity contribution is 7.99. The molecule has 8 amide bonds. The van der Waals surface area contributed by atoms with Crippen LogP contribution in [-0.4, -0.2) is 326 Å². The number of halogens is 4. The molecular formula is C79H98F4N18O19S2. The molecule has 0 radical (unpaired) electrons. The fourth-order valence-electron chi connectivity index (χ4n) is 14.4. The summed E-state index contributed by atoms with van der Waals surface area (Å²) in [7, 11) is 0. The zero-order valence-corrected chi connectivity index (χ0v) is 68.5. The molecule has 0 saturated carbocycles. The van der Waals surface area contributed by atoms with E-state index in [1.54, 1.807) is 68.1 Å². The van der Waals surface area contributed by atoms with Crippen LogP contribution in [0.1, 0.15) is 109 Å². The number of aromatic nitrogens is 4. The van der Waals surface area contributed by atoms with E-state index in [9.17, 15) is 106 Å². The minimum Gasteiger partial charge on any atom is -0.491 e. The summed E-state index contributed by atoms with van der Waals surface area (Å²) in [5.74, 6) is -13.8. The first-order valence-corrected chi connectivity index (χ1v) is 41.8. The van der Waals surface area contributed by atoms with Gasteiger partial charge in [0, 0.05) is 145 Å². The standard InChI is InChI=1S/C79H98F4N18O19S2/c80-78(81)39-50(41-84)100(48-78)65(105)43-92-72(113)55-17-25-89-70-53(55)8-2-11-60(70)118-35-5-23-87-63(103)19-37-121-74-57-10-1-7-52(120-77(117)91-22-4-21-86-62(102)16-15-59(76(115)116)99-33-31-97(46-68(109)110)29-27-96(45-67(107)108)28-30-98(32-34-99)47-69(111)112)13-14-58(57)75(95-94-74)122-38-20-64(104)88-24-6-36-119-61-12-3-9-54-56(18-26-90-71(54)61)73(114)93-44-66(106)101-49-79(82,83)40-51(101)42-85/h2-3,8-9,11-12,17-18,25-26,50-52,59H,1,4-7,10,13-16,19-24,27-40,43-49H2,(H,86,102)(H,87,103)(H,88,104)(H,91,117)(H,92,113)(H,93,114)(H,107,108)(H,109,110)(H,111,112)(H,115,116). The van der Waals surface area contributed by atoms with Gasteiger partial charge in [0.15, 0.2) is 0 Å². The molecule has 4 aliphatic rings. The van der Waals surface area contributed by atoms with Crippen molar-refractivity contribution in [2.75, 3.05) is 149 Å². The predicted molar refractivity (Wildman–Crippen MR) is 430 cm³/mol. The summed E-state index contributed by atoms with van der Waals surface area (Å²) >= 11 is 2.68. The Bertz CT molecular complexity index is 4630. The largest absolute Gasteiger partial charge is 0.491 e. The highest BCUT2D eigenvalue weighted by Crippen LogP contribution is 2.37. The van der Waals surface area contributed by atoms with Crippen molar-refractivity contribution in [1.82, 2.24) is 81.5 Å². The molecule has 43 heteroatoms. The number of alkyl halides is 4. The van der Waals surface area contributed by atoms with Gasteiger partial charge in [0.2, 0.25) is 29.5 Å². The van der Waals surface area contributed by atoms with Gasteiger partial charge < -0.3 is 76.3 Å². The first kappa shape index (κ1) is 94.5. The molecule has 3 aliphatic heterocycles. The number of amides is 8. The van der Waals surface area contributed by atoms with Crippen molar-refractivity contribution in [1.29, 1.82) is 10.5 Å². The number of carbonyl (C=O) groups is 12. The van der Waals surface area contributed by atoms with Crippen LogP contribution in [0.15, 0.2) is 71.0 Å². The van der Waals surface area contributed by atoms with E-state index in [-0.39, 0.29) is 153 Å². The fraction of sp³-hybridized carbons (Fsp3) is 0.544. The number of thioether (sulfide) groups is 2. The second-order valence-corrected chi connectivity index (χ2v) is 31.6. The summed E-state index contributed by atoms with van der Waals surface area (Å²) in [4.78, 5) is 170. The molecule has 9 rings (SSSR count). The van der Waals surface area contributed by atoms with Crippen LogP contribution in [0.4, 0.5) is 22.4 Å². The molecule has 3 aromatic heterocycles. The molecule has 3 fully saturated rings. The number of aliphatic carboxylic acids is 4. The van der Waals surface area contributed by atoms with Gasteiger partial charge in [-0.15, -0.1) is 33.7 Å². The molecule has 0 spiro atoms. The van der Waals surface area contributed by atoms with Crippen LogP contribution in [-0.2, 0) is 60.7 Å². The number of fused-ring (bicyclic) bond motifs is 3. The lowest BCUT2D eigenvalue weighted by atomic mass is 9.94. The van der Waals surface area contributed by atoms with Crippen LogP contribution < -0.4 is 41.4 Å². The van der Waals surface area contributed by atoms with Crippen LogP contribution in [0.3, 0.4) is 0 Å². The van der Waals surface area contributed by atoms with Gasteiger partial charge in [0.25, 0.3) is 23.7 Å². The van der Waals surface area contributed by atoms with Crippen molar-refractivity contribution in [2.24, 2.45) is 0 Å². The molecule has 5 aromatic rings. The van der Waals surface area contributed by atoms with E-state index in [0.29, 0.717) is 99.8 Å². The molecule has 10 N–H and O–H groups in total. The number of carboxylic acid groups (broad SMARTS) is 4. The Kier molecular flexibility index (Phi) is 36.1. The van der Waals surface area contributed by atoms with Crippen molar-refractivity contribution in [2.45, 2.75) is 136 Å². The Labute approximate surface area is 707 Å². The quantitative estimate of drug-likeness (QED) is 0.0153. The van der Waals surface area contributed by atoms with Gasteiger partial charge in [-0.05, 0) is 93.2 Å². The Morgan fingerprint density at radius 3 is 1.40 bits per heavy atom. The highest BCUT2D eigenvalue weighted by Gasteiger charge is 2.48. The maximum atomic E-state index is 14.0. The third-order valence-electron chi connectivity index (χ3n) is 20.5. The van der Waals surface area contributed by atoms with Gasteiger partial charge in [-0.25, -0.2) is 22.4 Å². The minimum atomic E-state index is -3.22. The Hall–Kier alpha value is -11.4. The maximum Gasteiger partial charge on any atom is 0.407 e. The van der Waals surface area contributed by atoms with Crippen molar-refractivity contribution >= 4 is 117 Å². The molecule has 2 aromatic carbocycles. The van der Waals surface area contributed by atoms with Gasteiger partial charge in [0.1, 0.15) is 56.8 Å². The van der Waals surface area contributed by atoms with Gasteiger partial charge in [-0.1, -0.05) is 24.3 Å². The summed E-state index contributed by atoms with van der Waals surface area (Å²) in [5, 5.41) is 85.2.